The Balaban J connectivity index is 1.73. The summed E-state index contributed by atoms with van der Waals surface area (Å²) in [5.41, 5.74) is 4.26. The topological polar surface area (TPSA) is 25.4 Å². The van der Waals surface area contributed by atoms with E-state index in [9.17, 15) is 8.78 Å². The van der Waals surface area contributed by atoms with Gasteiger partial charge in [-0.3, -0.25) is 4.90 Å². The number of ether oxygens (including phenoxy) is 1. The maximum absolute atomic E-state index is 12.3. The summed E-state index contributed by atoms with van der Waals surface area (Å²) in [7, 11) is 0. The number of benzene rings is 1. The first kappa shape index (κ1) is 17.1. The number of hydrogen-bond donors (Lipinski definition) is 0. The van der Waals surface area contributed by atoms with Crippen molar-refractivity contribution in [3.05, 3.63) is 57.9 Å². The molecule has 1 aromatic carbocycles. The average Bonchev–Trinajstić information content (AvgIpc) is 2.98. The molecule has 24 heavy (non-hydrogen) atoms. The number of rotatable bonds is 5. The van der Waals surface area contributed by atoms with Crippen LogP contribution in [0.25, 0.3) is 0 Å². The lowest BCUT2D eigenvalue weighted by molar-refractivity contribution is 0.0815. The van der Waals surface area contributed by atoms with Gasteiger partial charge in [0.25, 0.3) is 6.43 Å². The zero-order chi connectivity index (χ0) is 17.3. The third-order valence-electron chi connectivity index (χ3n) is 4.43. The van der Waals surface area contributed by atoms with Crippen molar-refractivity contribution in [1.82, 2.24) is 9.88 Å². The summed E-state index contributed by atoms with van der Waals surface area (Å²) in [5, 5.41) is 0.564. The van der Waals surface area contributed by atoms with E-state index in [4.69, 9.17) is 16.3 Å². The molecule has 1 aliphatic heterocycles. The molecule has 2 heterocycles. The molecule has 0 fully saturated rings. The predicted octanol–water partition coefficient (Wildman–Crippen LogP) is 4.76. The van der Waals surface area contributed by atoms with Gasteiger partial charge in [0.2, 0.25) is 0 Å². The van der Waals surface area contributed by atoms with Gasteiger partial charge in [0, 0.05) is 30.9 Å². The second-order valence-corrected chi connectivity index (χ2v) is 6.41. The minimum absolute atomic E-state index is 0.177. The Bertz CT molecular complexity index is 739. The Hall–Kier alpha value is -1.72. The van der Waals surface area contributed by atoms with Crippen molar-refractivity contribution in [2.75, 3.05) is 6.61 Å². The van der Waals surface area contributed by atoms with Gasteiger partial charge >= 0.3 is 0 Å². The lowest BCUT2D eigenvalue weighted by atomic mass is 10.0. The van der Waals surface area contributed by atoms with Crippen molar-refractivity contribution in [3.8, 4) is 5.75 Å². The van der Waals surface area contributed by atoms with Crippen LogP contribution in [0.15, 0.2) is 30.5 Å². The number of aromatic nitrogens is 1. The van der Waals surface area contributed by atoms with Crippen LogP contribution in [0, 0.1) is 6.92 Å². The third kappa shape index (κ3) is 3.52. The predicted molar refractivity (Wildman–Crippen MR) is 89.6 cm³/mol. The van der Waals surface area contributed by atoms with Crippen molar-refractivity contribution < 1.29 is 13.5 Å². The van der Waals surface area contributed by atoms with Crippen molar-refractivity contribution in [2.45, 2.75) is 39.4 Å². The minimum Gasteiger partial charge on any atom is -0.487 e. The maximum atomic E-state index is 12.3. The summed E-state index contributed by atoms with van der Waals surface area (Å²) in [5.74, 6) is 0.503. The maximum Gasteiger partial charge on any atom is 0.272 e. The molecule has 1 aromatic heterocycles. The lowest BCUT2D eigenvalue weighted by Gasteiger charge is -2.25. The molecule has 0 saturated heterocycles. The van der Waals surface area contributed by atoms with Crippen LogP contribution in [-0.2, 0) is 13.1 Å². The SMILES string of the molecule is Cc1cc(C(C)N2Cc3ccnc(Cl)c3C2)ccc1OCC(F)F. The molecular weight excluding hydrogens is 334 g/mol. The van der Waals surface area contributed by atoms with Gasteiger partial charge in [-0.1, -0.05) is 23.7 Å². The third-order valence-corrected chi connectivity index (χ3v) is 4.75. The Kier molecular flexibility index (Phi) is 5.01. The Labute approximate surface area is 145 Å². The number of halogens is 3. The number of alkyl halides is 2. The van der Waals surface area contributed by atoms with Crippen LogP contribution < -0.4 is 4.74 Å². The van der Waals surface area contributed by atoms with E-state index in [1.807, 2.05) is 25.1 Å². The van der Waals surface area contributed by atoms with E-state index in [2.05, 4.69) is 16.8 Å². The number of hydrogen-bond acceptors (Lipinski definition) is 3. The summed E-state index contributed by atoms with van der Waals surface area (Å²) in [6, 6.07) is 7.87. The largest absolute Gasteiger partial charge is 0.487 e. The number of fused-ring (bicyclic) bond motifs is 1. The number of aryl methyl sites for hydroxylation is 1. The first-order valence-electron chi connectivity index (χ1n) is 7.83. The quantitative estimate of drug-likeness (QED) is 0.725. The van der Waals surface area contributed by atoms with Crippen LogP contribution >= 0.6 is 11.6 Å². The van der Waals surface area contributed by atoms with Gasteiger partial charge in [-0.25, -0.2) is 13.8 Å². The van der Waals surface area contributed by atoms with E-state index in [1.165, 1.54) is 5.56 Å². The molecular formula is C18H19ClF2N2O. The fraction of sp³-hybridized carbons (Fsp3) is 0.389. The second kappa shape index (κ2) is 7.03. The van der Waals surface area contributed by atoms with E-state index in [0.717, 1.165) is 29.8 Å². The van der Waals surface area contributed by atoms with Crippen LogP contribution in [-0.4, -0.2) is 22.9 Å². The molecule has 0 aliphatic carbocycles. The fourth-order valence-corrected chi connectivity index (χ4v) is 3.27. The molecule has 3 nitrogen and oxygen atoms in total. The molecule has 0 radical (unpaired) electrons. The van der Waals surface area contributed by atoms with E-state index in [1.54, 1.807) is 12.3 Å². The zero-order valence-electron chi connectivity index (χ0n) is 13.6. The molecule has 128 valence electrons. The van der Waals surface area contributed by atoms with Gasteiger partial charge < -0.3 is 4.74 Å². The highest BCUT2D eigenvalue weighted by molar-refractivity contribution is 6.30. The van der Waals surface area contributed by atoms with Crippen molar-refractivity contribution >= 4 is 11.6 Å². The number of nitrogens with zero attached hydrogens (tertiary/aromatic N) is 2. The Morgan fingerprint density at radius 2 is 2.08 bits per heavy atom. The summed E-state index contributed by atoms with van der Waals surface area (Å²) in [4.78, 5) is 6.45. The monoisotopic (exact) mass is 352 g/mol. The molecule has 0 bridgehead atoms. The van der Waals surface area contributed by atoms with Crippen molar-refractivity contribution in [1.29, 1.82) is 0 Å². The van der Waals surface area contributed by atoms with Crippen LogP contribution in [0.1, 0.15) is 35.2 Å². The highest BCUT2D eigenvalue weighted by Crippen LogP contribution is 2.34. The van der Waals surface area contributed by atoms with Gasteiger partial charge in [-0.05, 0) is 42.7 Å². The fourth-order valence-electron chi connectivity index (χ4n) is 3.03. The van der Waals surface area contributed by atoms with Gasteiger partial charge in [-0.2, -0.15) is 0 Å². The molecule has 0 amide bonds. The van der Waals surface area contributed by atoms with Gasteiger partial charge in [-0.15, -0.1) is 0 Å². The average molecular weight is 353 g/mol. The van der Waals surface area contributed by atoms with Crippen LogP contribution in [0.2, 0.25) is 5.15 Å². The van der Waals surface area contributed by atoms with Crippen molar-refractivity contribution in [3.63, 3.8) is 0 Å². The summed E-state index contributed by atoms with van der Waals surface area (Å²) < 4.78 is 29.7. The number of pyridine rings is 1. The zero-order valence-corrected chi connectivity index (χ0v) is 14.4. The van der Waals surface area contributed by atoms with E-state index in [0.29, 0.717) is 10.9 Å². The molecule has 0 spiro atoms. The molecule has 1 unspecified atom stereocenters. The Morgan fingerprint density at radius 3 is 2.75 bits per heavy atom. The minimum atomic E-state index is -2.47. The van der Waals surface area contributed by atoms with Crippen LogP contribution in [0.3, 0.4) is 0 Å². The standard InChI is InChI=1S/C18H19ClF2N2O/c1-11-7-13(3-4-16(11)24-10-17(20)21)12(2)23-8-14-5-6-22-18(19)15(14)9-23/h3-7,12,17H,8-10H2,1-2H3. The Morgan fingerprint density at radius 1 is 1.29 bits per heavy atom. The van der Waals surface area contributed by atoms with E-state index >= 15 is 0 Å². The van der Waals surface area contributed by atoms with Gasteiger partial charge in [0.1, 0.15) is 17.5 Å². The first-order chi connectivity index (χ1) is 11.5. The van der Waals surface area contributed by atoms with Crippen LogP contribution in [0.5, 0.6) is 5.75 Å². The highest BCUT2D eigenvalue weighted by Gasteiger charge is 2.26. The normalized spacial score (nSPS) is 15.6. The van der Waals surface area contributed by atoms with Crippen LogP contribution in [0.4, 0.5) is 8.78 Å². The first-order valence-corrected chi connectivity index (χ1v) is 8.21. The molecule has 3 rings (SSSR count). The molecule has 1 atom stereocenters. The molecule has 0 N–H and O–H groups in total. The smallest absolute Gasteiger partial charge is 0.272 e. The van der Waals surface area contributed by atoms with Crippen molar-refractivity contribution in [2.24, 2.45) is 0 Å². The second-order valence-electron chi connectivity index (χ2n) is 6.05. The van der Waals surface area contributed by atoms with Gasteiger partial charge in [0.15, 0.2) is 0 Å². The van der Waals surface area contributed by atoms with E-state index in [-0.39, 0.29) is 6.04 Å². The highest BCUT2D eigenvalue weighted by atomic mass is 35.5. The lowest BCUT2D eigenvalue weighted by Crippen LogP contribution is -2.21. The molecule has 6 heteroatoms. The summed E-state index contributed by atoms with van der Waals surface area (Å²) in [6.45, 7) is 4.99. The van der Waals surface area contributed by atoms with Gasteiger partial charge in [0.05, 0.1) is 0 Å². The molecule has 0 saturated carbocycles. The molecule has 2 aromatic rings. The molecule has 1 aliphatic rings. The van der Waals surface area contributed by atoms with E-state index < -0.39 is 13.0 Å². The summed E-state index contributed by atoms with van der Waals surface area (Å²) in [6.07, 6.45) is -0.737. The summed E-state index contributed by atoms with van der Waals surface area (Å²) >= 11 is 6.18.